The summed E-state index contributed by atoms with van der Waals surface area (Å²) in [6.45, 7) is 3.36. The Labute approximate surface area is 138 Å². The molecule has 126 valence electrons. The maximum atomic E-state index is 12.4. The first-order valence-corrected chi connectivity index (χ1v) is 10.1. The zero-order valence-electron chi connectivity index (χ0n) is 13.4. The Morgan fingerprint density at radius 3 is 2.09 bits per heavy atom. The van der Waals surface area contributed by atoms with Crippen molar-refractivity contribution in [2.75, 3.05) is 31.1 Å². The highest BCUT2D eigenvalue weighted by molar-refractivity contribution is 7.90. The molecule has 3 fully saturated rings. The maximum Gasteiger partial charge on any atom is 0.225 e. The Morgan fingerprint density at radius 1 is 0.957 bits per heavy atom. The molecule has 0 atom stereocenters. The molecule has 0 N–H and O–H groups in total. The van der Waals surface area contributed by atoms with Gasteiger partial charge >= 0.3 is 0 Å². The highest BCUT2D eigenvalue weighted by Crippen LogP contribution is 2.43. The van der Waals surface area contributed by atoms with Crippen LogP contribution in [0.2, 0.25) is 0 Å². The molecule has 3 heterocycles. The van der Waals surface area contributed by atoms with Gasteiger partial charge in [-0.3, -0.25) is 0 Å². The molecule has 2 saturated heterocycles. The first-order valence-electron chi connectivity index (χ1n) is 8.60. The van der Waals surface area contributed by atoms with E-state index < -0.39 is 10.0 Å². The van der Waals surface area contributed by atoms with Gasteiger partial charge in [0.1, 0.15) is 0 Å². The second kappa shape index (κ2) is 5.70. The summed E-state index contributed by atoms with van der Waals surface area (Å²) in [5.41, 5.74) is 0.320. The lowest BCUT2D eigenvalue weighted by Gasteiger charge is -2.46. The van der Waals surface area contributed by atoms with Gasteiger partial charge in [-0.2, -0.15) is 0 Å². The number of sulfonamides is 1. The van der Waals surface area contributed by atoms with E-state index in [0.717, 1.165) is 57.6 Å². The van der Waals surface area contributed by atoms with Gasteiger partial charge in [0.2, 0.25) is 16.0 Å². The summed E-state index contributed by atoms with van der Waals surface area (Å²) in [6.07, 6.45) is 9.52. The first kappa shape index (κ1) is 15.3. The summed E-state index contributed by atoms with van der Waals surface area (Å²) >= 11 is 0. The van der Waals surface area contributed by atoms with Crippen LogP contribution in [0.3, 0.4) is 0 Å². The van der Waals surface area contributed by atoms with Gasteiger partial charge in [0.05, 0.1) is 5.25 Å². The van der Waals surface area contributed by atoms with Crippen LogP contribution in [0.25, 0.3) is 0 Å². The van der Waals surface area contributed by atoms with Gasteiger partial charge in [0.25, 0.3) is 0 Å². The zero-order valence-corrected chi connectivity index (χ0v) is 14.2. The Hall–Kier alpha value is -1.21. The summed E-state index contributed by atoms with van der Waals surface area (Å²) in [5, 5.41) is -0.0753. The highest BCUT2D eigenvalue weighted by Gasteiger charge is 2.45. The van der Waals surface area contributed by atoms with Gasteiger partial charge in [-0.05, 0) is 50.0 Å². The van der Waals surface area contributed by atoms with Crippen LogP contribution in [-0.4, -0.2) is 54.1 Å². The van der Waals surface area contributed by atoms with Crippen molar-refractivity contribution in [2.24, 2.45) is 5.41 Å². The topological polar surface area (TPSA) is 66.4 Å². The van der Waals surface area contributed by atoms with Crippen LogP contribution in [-0.2, 0) is 10.0 Å². The molecular weight excluding hydrogens is 312 g/mol. The largest absolute Gasteiger partial charge is 0.341 e. The predicted octanol–water partition coefficient (Wildman–Crippen LogP) is 1.65. The summed E-state index contributed by atoms with van der Waals surface area (Å²) in [6, 6.07) is 1.84. The van der Waals surface area contributed by atoms with Crippen molar-refractivity contribution in [2.45, 2.75) is 43.8 Å². The monoisotopic (exact) mass is 336 g/mol. The molecule has 1 aromatic rings. The van der Waals surface area contributed by atoms with Gasteiger partial charge in [-0.1, -0.05) is 0 Å². The van der Waals surface area contributed by atoms with Gasteiger partial charge in [0, 0.05) is 38.6 Å². The SMILES string of the molecule is O=S(=O)(C1CC1)N1CCC2(CCN(c3ncccn3)CC2)CC1. The van der Waals surface area contributed by atoms with Crippen molar-refractivity contribution in [3.8, 4) is 0 Å². The number of hydrogen-bond acceptors (Lipinski definition) is 5. The van der Waals surface area contributed by atoms with Gasteiger partial charge < -0.3 is 4.90 Å². The standard InChI is InChI=1S/C16H24N4O2S/c21-23(22,14-2-3-14)20-12-6-16(7-13-20)4-10-19(11-5-16)15-17-8-1-9-18-15/h1,8-9,14H,2-7,10-13H2. The fourth-order valence-corrected chi connectivity index (χ4v) is 5.77. The van der Waals surface area contributed by atoms with Crippen LogP contribution in [0.4, 0.5) is 5.95 Å². The second-order valence-corrected chi connectivity index (χ2v) is 9.39. The molecular formula is C16H24N4O2S. The van der Waals surface area contributed by atoms with Crippen LogP contribution in [0, 0.1) is 5.41 Å². The quantitative estimate of drug-likeness (QED) is 0.840. The van der Waals surface area contributed by atoms with Crippen molar-refractivity contribution >= 4 is 16.0 Å². The van der Waals surface area contributed by atoms with E-state index in [1.165, 1.54) is 0 Å². The molecule has 1 spiro atoms. The van der Waals surface area contributed by atoms with E-state index in [1.807, 2.05) is 6.07 Å². The third-order valence-corrected chi connectivity index (χ3v) is 8.15. The van der Waals surface area contributed by atoms with E-state index >= 15 is 0 Å². The lowest BCUT2D eigenvalue weighted by Crippen LogP contribution is -2.49. The zero-order chi connectivity index (χ0) is 15.9. The molecule has 1 aliphatic carbocycles. The van der Waals surface area contributed by atoms with Crippen LogP contribution in [0.15, 0.2) is 18.5 Å². The third-order valence-electron chi connectivity index (χ3n) is 5.75. The molecule has 6 nitrogen and oxygen atoms in total. The number of aromatic nitrogens is 2. The molecule has 0 bridgehead atoms. The van der Waals surface area contributed by atoms with E-state index in [0.29, 0.717) is 18.5 Å². The number of rotatable bonds is 3. The summed E-state index contributed by atoms with van der Waals surface area (Å²) in [5.74, 6) is 0.816. The average molecular weight is 336 g/mol. The molecule has 0 radical (unpaired) electrons. The van der Waals surface area contributed by atoms with Crippen LogP contribution in [0.1, 0.15) is 38.5 Å². The number of nitrogens with zero attached hydrogens (tertiary/aromatic N) is 4. The van der Waals surface area contributed by atoms with Gasteiger partial charge in [-0.15, -0.1) is 0 Å². The lowest BCUT2D eigenvalue weighted by atomic mass is 9.71. The molecule has 2 aliphatic heterocycles. The molecule has 0 amide bonds. The fourth-order valence-electron chi connectivity index (χ4n) is 3.93. The van der Waals surface area contributed by atoms with Gasteiger partial charge in [-0.25, -0.2) is 22.7 Å². The molecule has 7 heteroatoms. The predicted molar refractivity (Wildman–Crippen MR) is 88.7 cm³/mol. The molecule has 0 unspecified atom stereocenters. The smallest absolute Gasteiger partial charge is 0.225 e. The highest BCUT2D eigenvalue weighted by atomic mass is 32.2. The maximum absolute atomic E-state index is 12.4. The van der Waals surface area contributed by atoms with Crippen molar-refractivity contribution in [3.05, 3.63) is 18.5 Å². The van der Waals surface area contributed by atoms with E-state index in [4.69, 9.17) is 0 Å². The average Bonchev–Trinajstić information content (AvgIpc) is 3.42. The van der Waals surface area contributed by atoms with Crippen molar-refractivity contribution in [1.29, 1.82) is 0 Å². The number of hydrogen-bond donors (Lipinski definition) is 0. The minimum absolute atomic E-state index is 0.0753. The fraction of sp³-hybridized carbons (Fsp3) is 0.750. The molecule has 3 aliphatic rings. The van der Waals surface area contributed by atoms with E-state index in [2.05, 4.69) is 14.9 Å². The Bertz CT molecular complexity index is 642. The molecule has 0 aromatic carbocycles. The normalized spacial score (nSPS) is 25.7. The first-order chi connectivity index (χ1) is 11.1. The van der Waals surface area contributed by atoms with Crippen molar-refractivity contribution in [3.63, 3.8) is 0 Å². The lowest BCUT2D eigenvalue weighted by molar-refractivity contribution is 0.118. The number of piperidine rings is 2. The van der Waals surface area contributed by atoms with Gasteiger partial charge in [0.15, 0.2) is 0 Å². The third kappa shape index (κ3) is 2.96. The summed E-state index contributed by atoms with van der Waals surface area (Å²) in [4.78, 5) is 10.9. The van der Waals surface area contributed by atoms with Crippen LogP contribution in [0.5, 0.6) is 0 Å². The minimum Gasteiger partial charge on any atom is -0.341 e. The van der Waals surface area contributed by atoms with E-state index in [9.17, 15) is 8.42 Å². The minimum atomic E-state index is -3.00. The molecule has 1 aromatic heterocycles. The summed E-state index contributed by atoms with van der Waals surface area (Å²) in [7, 11) is -3.00. The Kier molecular flexibility index (Phi) is 3.80. The Morgan fingerprint density at radius 2 is 1.52 bits per heavy atom. The molecule has 4 rings (SSSR count). The van der Waals surface area contributed by atoms with E-state index in [1.54, 1.807) is 16.7 Å². The molecule has 23 heavy (non-hydrogen) atoms. The number of anilines is 1. The van der Waals surface area contributed by atoms with Crippen molar-refractivity contribution < 1.29 is 8.42 Å². The summed E-state index contributed by atoms with van der Waals surface area (Å²) < 4.78 is 26.5. The van der Waals surface area contributed by atoms with Crippen LogP contribution >= 0.6 is 0 Å². The Balaban J connectivity index is 1.36. The van der Waals surface area contributed by atoms with Crippen molar-refractivity contribution in [1.82, 2.24) is 14.3 Å². The van der Waals surface area contributed by atoms with E-state index in [-0.39, 0.29) is 5.25 Å². The molecule has 1 saturated carbocycles. The van der Waals surface area contributed by atoms with Crippen LogP contribution < -0.4 is 4.90 Å². The second-order valence-electron chi connectivity index (χ2n) is 7.18.